The highest BCUT2D eigenvalue weighted by atomic mass is 16.7. The molecular weight excluding hydrogens is 252 g/mol. The van der Waals surface area contributed by atoms with Crippen molar-refractivity contribution < 1.29 is 9.63 Å². The van der Waals surface area contributed by atoms with Crippen LogP contribution < -0.4 is 5.32 Å². The number of nitrogens with zero attached hydrogens (tertiary/aromatic N) is 1. The van der Waals surface area contributed by atoms with E-state index < -0.39 is 5.41 Å². The van der Waals surface area contributed by atoms with Crippen LogP contribution in [0, 0.1) is 5.41 Å². The first-order valence-electron chi connectivity index (χ1n) is 8.18. The summed E-state index contributed by atoms with van der Waals surface area (Å²) in [6, 6.07) is 1.32. The van der Waals surface area contributed by atoms with Crippen LogP contribution >= 0.6 is 0 Å². The molecule has 1 aliphatic carbocycles. The van der Waals surface area contributed by atoms with Gasteiger partial charge in [0.1, 0.15) is 0 Å². The van der Waals surface area contributed by atoms with Gasteiger partial charge in [-0.1, -0.05) is 19.3 Å². The van der Waals surface area contributed by atoms with Gasteiger partial charge in [0.15, 0.2) is 0 Å². The standard InChI is InChI=1S/C16H30N2O2/c1-16(2,3)15(19)20-18-11-9-14(10-12-18)17-13-7-5-4-6-8-13/h13-14,17H,4-12H2,1-3H3. The summed E-state index contributed by atoms with van der Waals surface area (Å²) < 4.78 is 0. The summed E-state index contributed by atoms with van der Waals surface area (Å²) >= 11 is 0. The lowest BCUT2D eigenvalue weighted by atomic mass is 9.93. The quantitative estimate of drug-likeness (QED) is 0.864. The zero-order chi connectivity index (χ0) is 14.6. The van der Waals surface area contributed by atoms with E-state index >= 15 is 0 Å². The fraction of sp³-hybridized carbons (Fsp3) is 0.938. The van der Waals surface area contributed by atoms with Gasteiger partial charge in [-0.2, -0.15) is 0 Å². The van der Waals surface area contributed by atoms with Crippen molar-refractivity contribution in [3.8, 4) is 0 Å². The van der Waals surface area contributed by atoms with Gasteiger partial charge in [0.05, 0.1) is 5.41 Å². The summed E-state index contributed by atoms with van der Waals surface area (Å²) in [6.07, 6.45) is 8.97. The maximum Gasteiger partial charge on any atom is 0.330 e. The van der Waals surface area contributed by atoms with E-state index in [-0.39, 0.29) is 5.97 Å². The molecule has 0 aromatic carbocycles. The highest BCUT2D eigenvalue weighted by molar-refractivity contribution is 5.75. The third-order valence-electron chi connectivity index (χ3n) is 4.35. The van der Waals surface area contributed by atoms with Gasteiger partial charge in [-0.15, -0.1) is 5.06 Å². The van der Waals surface area contributed by atoms with Gasteiger partial charge in [0.25, 0.3) is 0 Å². The number of hydrogen-bond donors (Lipinski definition) is 1. The summed E-state index contributed by atoms with van der Waals surface area (Å²) in [5.41, 5.74) is -0.419. The van der Waals surface area contributed by atoms with Crippen molar-refractivity contribution in [3.05, 3.63) is 0 Å². The summed E-state index contributed by atoms with van der Waals surface area (Å²) in [7, 11) is 0. The van der Waals surface area contributed by atoms with Gasteiger partial charge in [-0.25, -0.2) is 4.79 Å². The number of rotatable bonds is 3. The van der Waals surface area contributed by atoms with E-state index in [1.165, 1.54) is 32.1 Å². The van der Waals surface area contributed by atoms with Crippen LogP contribution in [0.2, 0.25) is 0 Å². The van der Waals surface area contributed by atoms with E-state index in [0.717, 1.165) is 32.0 Å². The molecule has 116 valence electrons. The molecule has 0 bridgehead atoms. The smallest absolute Gasteiger partial charge is 0.330 e. The number of piperidine rings is 1. The molecule has 4 heteroatoms. The topological polar surface area (TPSA) is 41.6 Å². The first-order valence-corrected chi connectivity index (χ1v) is 8.18. The molecule has 0 radical (unpaired) electrons. The second-order valence-corrected chi connectivity index (χ2v) is 7.33. The van der Waals surface area contributed by atoms with Crippen molar-refractivity contribution in [1.29, 1.82) is 0 Å². The minimum atomic E-state index is -0.419. The molecule has 1 saturated heterocycles. The Labute approximate surface area is 123 Å². The monoisotopic (exact) mass is 282 g/mol. The first-order chi connectivity index (χ1) is 9.45. The Bertz CT molecular complexity index is 311. The molecule has 0 aromatic rings. The van der Waals surface area contributed by atoms with Crippen molar-refractivity contribution in [1.82, 2.24) is 10.4 Å². The highest BCUT2D eigenvalue weighted by Gasteiger charge is 2.29. The van der Waals surface area contributed by atoms with Crippen molar-refractivity contribution >= 4 is 5.97 Å². The average molecular weight is 282 g/mol. The van der Waals surface area contributed by atoms with E-state index in [2.05, 4.69) is 5.32 Å². The van der Waals surface area contributed by atoms with E-state index in [0.29, 0.717) is 6.04 Å². The molecule has 0 atom stereocenters. The Balaban J connectivity index is 1.68. The summed E-state index contributed by atoms with van der Waals surface area (Å²) in [5, 5.41) is 5.63. The lowest BCUT2D eigenvalue weighted by molar-refractivity contribution is -0.205. The lowest BCUT2D eigenvalue weighted by Crippen LogP contribution is -2.47. The van der Waals surface area contributed by atoms with Crippen LogP contribution in [-0.4, -0.2) is 36.2 Å². The normalized spacial score (nSPS) is 23.8. The van der Waals surface area contributed by atoms with Gasteiger partial charge < -0.3 is 10.2 Å². The number of carbonyl (C=O) groups is 1. The van der Waals surface area contributed by atoms with Gasteiger partial charge >= 0.3 is 5.97 Å². The Hall–Kier alpha value is -0.610. The summed E-state index contributed by atoms with van der Waals surface area (Å²) in [4.78, 5) is 17.3. The fourth-order valence-electron chi connectivity index (χ4n) is 2.97. The molecule has 2 fully saturated rings. The highest BCUT2D eigenvalue weighted by Crippen LogP contribution is 2.21. The molecule has 1 aliphatic heterocycles. The van der Waals surface area contributed by atoms with Crippen LogP contribution in [0.25, 0.3) is 0 Å². The molecular formula is C16H30N2O2. The Morgan fingerprint density at radius 2 is 1.55 bits per heavy atom. The molecule has 0 unspecified atom stereocenters. The predicted molar refractivity (Wildman–Crippen MR) is 80.2 cm³/mol. The fourth-order valence-corrected chi connectivity index (χ4v) is 2.97. The van der Waals surface area contributed by atoms with Gasteiger partial charge in [-0.3, -0.25) is 0 Å². The van der Waals surface area contributed by atoms with Crippen LogP contribution in [0.4, 0.5) is 0 Å². The predicted octanol–water partition coefficient (Wildman–Crippen LogP) is 2.88. The zero-order valence-corrected chi connectivity index (χ0v) is 13.3. The molecule has 1 N–H and O–H groups in total. The number of hydrogen-bond acceptors (Lipinski definition) is 4. The molecule has 4 nitrogen and oxygen atoms in total. The van der Waals surface area contributed by atoms with Gasteiger partial charge in [0, 0.05) is 25.2 Å². The third kappa shape index (κ3) is 4.74. The van der Waals surface area contributed by atoms with Gasteiger partial charge in [0.2, 0.25) is 0 Å². The molecule has 0 amide bonds. The maximum absolute atomic E-state index is 11.9. The number of carbonyl (C=O) groups excluding carboxylic acids is 1. The van der Waals surface area contributed by atoms with Crippen LogP contribution in [0.15, 0.2) is 0 Å². The van der Waals surface area contributed by atoms with Crippen molar-refractivity contribution in [2.24, 2.45) is 5.41 Å². The number of nitrogens with one attached hydrogen (secondary N) is 1. The zero-order valence-electron chi connectivity index (χ0n) is 13.3. The van der Waals surface area contributed by atoms with Crippen LogP contribution in [-0.2, 0) is 9.63 Å². The SMILES string of the molecule is CC(C)(C)C(=O)ON1CCC(NC2CCCCC2)CC1. The van der Waals surface area contributed by atoms with E-state index in [9.17, 15) is 4.79 Å². The summed E-state index contributed by atoms with van der Waals surface area (Å²) in [5.74, 6) is -0.129. The Morgan fingerprint density at radius 3 is 2.10 bits per heavy atom. The van der Waals surface area contributed by atoms with Crippen molar-refractivity contribution in [3.63, 3.8) is 0 Å². The molecule has 1 heterocycles. The Kier molecular flexibility index (Phi) is 5.44. The first kappa shape index (κ1) is 15.8. The number of hydroxylamine groups is 2. The van der Waals surface area contributed by atoms with E-state index in [4.69, 9.17) is 4.84 Å². The molecule has 20 heavy (non-hydrogen) atoms. The third-order valence-corrected chi connectivity index (χ3v) is 4.35. The van der Waals surface area contributed by atoms with Gasteiger partial charge in [-0.05, 0) is 46.5 Å². The largest absolute Gasteiger partial charge is 0.367 e. The second kappa shape index (κ2) is 6.90. The molecule has 2 aliphatic rings. The summed E-state index contributed by atoms with van der Waals surface area (Å²) in [6.45, 7) is 7.39. The second-order valence-electron chi connectivity index (χ2n) is 7.33. The van der Waals surface area contributed by atoms with Crippen LogP contribution in [0.5, 0.6) is 0 Å². The van der Waals surface area contributed by atoms with Crippen LogP contribution in [0.3, 0.4) is 0 Å². The maximum atomic E-state index is 11.9. The lowest BCUT2D eigenvalue weighted by Gasteiger charge is -2.35. The molecule has 2 rings (SSSR count). The molecule has 0 aromatic heterocycles. The minimum absolute atomic E-state index is 0.129. The van der Waals surface area contributed by atoms with Crippen LogP contribution in [0.1, 0.15) is 65.7 Å². The van der Waals surface area contributed by atoms with Crippen molar-refractivity contribution in [2.45, 2.75) is 77.8 Å². The van der Waals surface area contributed by atoms with Crippen molar-refractivity contribution in [2.75, 3.05) is 13.1 Å². The molecule has 0 spiro atoms. The van der Waals surface area contributed by atoms with E-state index in [1.807, 2.05) is 25.8 Å². The van der Waals surface area contributed by atoms with E-state index in [1.54, 1.807) is 0 Å². The average Bonchev–Trinajstić information content (AvgIpc) is 2.41. The molecule has 1 saturated carbocycles. The minimum Gasteiger partial charge on any atom is -0.367 e. The Morgan fingerprint density at radius 1 is 1.00 bits per heavy atom.